The Morgan fingerprint density at radius 2 is 1.68 bits per heavy atom. The predicted molar refractivity (Wildman–Crippen MR) is 151 cm³/mol. The average molecular weight is 561 g/mol. The Balaban J connectivity index is 1.82. The van der Waals surface area contributed by atoms with Crippen molar-refractivity contribution >= 4 is 29.6 Å². The van der Waals surface area contributed by atoms with Gasteiger partial charge in [0.05, 0.1) is 6.04 Å². The minimum Gasteiger partial charge on any atom is -0.444 e. The van der Waals surface area contributed by atoms with Crippen molar-refractivity contribution in [1.29, 1.82) is 0 Å². The number of alkyl carbamates (subject to hydrolysis) is 1. The number of hydrogen-bond acceptors (Lipinski definition) is 6. The van der Waals surface area contributed by atoms with Gasteiger partial charge in [0.25, 0.3) is 5.91 Å². The van der Waals surface area contributed by atoms with Crippen molar-refractivity contribution in [3.05, 3.63) is 12.7 Å². The Morgan fingerprint density at radius 1 is 1.05 bits per heavy atom. The summed E-state index contributed by atoms with van der Waals surface area (Å²) in [6, 6.07) is -2.73. The molecule has 0 aromatic heterocycles. The molecule has 1 aliphatic heterocycles. The molecule has 1 heterocycles. The predicted octanol–water partition coefficient (Wildman–Crippen LogP) is 2.96. The van der Waals surface area contributed by atoms with Crippen molar-refractivity contribution in [3.63, 3.8) is 0 Å². The zero-order valence-electron chi connectivity index (χ0n) is 25.4. The lowest BCUT2D eigenvalue weighted by molar-refractivity contribution is -0.145. The molecule has 3 rings (SSSR count). The first-order chi connectivity index (χ1) is 18.4. The minimum absolute atomic E-state index is 0.0904. The van der Waals surface area contributed by atoms with Crippen LogP contribution in [0.2, 0.25) is 0 Å². The highest BCUT2D eigenvalue weighted by Gasteiger charge is 2.70. The van der Waals surface area contributed by atoms with E-state index in [2.05, 4.69) is 36.4 Å². The molecule has 2 saturated carbocycles. The number of fused-ring (bicyclic) bond motifs is 1. The van der Waals surface area contributed by atoms with Crippen LogP contribution < -0.4 is 16.0 Å². The van der Waals surface area contributed by atoms with Gasteiger partial charge >= 0.3 is 6.09 Å². The number of amides is 4. The normalized spacial score (nSPS) is 24.7. The number of piperidine rings is 1. The molecule has 10 heteroatoms. The average Bonchev–Trinajstić information content (AvgIpc) is 3.68. The highest BCUT2D eigenvalue weighted by Crippen LogP contribution is 2.65. The van der Waals surface area contributed by atoms with Crippen molar-refractivity contribution in [1.82, 2.24) is 20.9 Å². The summed E-state index contributed by atoms with van der Waals surface area (Å²) in [7, 11) is 0. The van der Waals surface area contributed by atoms with Gasteiger partial charge in [0, 0.05) is 13.1 Å². The lowest BCUT2D eigenvalue weighted by atomic mass is 9.85. The van der Waals surface area contributed by atoms with Crippen molar-refractivity contribution < 1.29 is 28.7 Å². The number of ketones is 1. The van der Waals surface area contributed by atoms with Crippen LogP contribution in [-0.4, -0.2) is 71.3 Å². The van der Waals surface area contributed by atoms with Crippen molar-refractivity contribution in [2.24, 2.45) is 28.6 Å². The molecule has 0 aromatic rings. The zero-order valence-corrected chi connectivity index (χ0v) is 25.4. The summed E-state index contributed by atoms with van der Waals surface area (Å²) in [6.45, 7) is 19.0. The third kappa shape index (κ3) is 7.43. The number of likely N-dealkylation sites (tertiary alicyclic amines) is 1. The fourth-order valence-corrected chi connectivity index (χ4v) is 5.80. The van der Waals surface area contributed by atoms with Crippen LogP contribution in [0.3, 0.4) is 0 Å². The van der Waals surface area contributed by atoms with E-state index in [4.69, 9.17) is 4.74 Å². The van der Waals surface area contributed by atoms with E-state index in [1.165, 1.54) is 6.08 Å². The molecule has 40 heavy (non-hydrogen) atoms. The summed E-state index contributed by atoms with van der Waals surface area (Å²) in [6.07, 6.45) is 4.04. The van der Waals surface area contributed by atoms with E-state index >= 15 is 0 Å². The molecule has 1 saturated heterocycles. The van der Waals surface area contributed by atoms with E-state index in [0.29, 0.717) is 18.9 Å². The molecule has 5 atom stereocenters. The number of rotatable bonds is 11. The number of carbonyl (C=O) groups is 5. The smallest absolute Gasteiger partial charge is 0.408 e. The van der Waals surface area contributed by atoms with Crippen LogP contribution in [0.5, 0.6) is 0 Å². The SMILES string of the molecule is C=CCNC(=O)C(=O)C(CCC1CC1)NC(=O)[C@@H]1C2[C@H](CN1C(=O)[C@@H](NC(=O)OC(C)(C)C)C(C)(C)C)C2(C)C. The number of hydrogen-bond donors (Lipinski definition) is 3. The molecule has 0 spiro atoms. The minimum atomic E-state index is -0.978. The molecule has 224 valence electrons. The highest BCUT2D eigenvalue weighted by atomic mass is 16.6. The van der Waals surface area contributed by atoms with Crippen molar-refractivity contribution in [3.8, 4) is 0 Å². The summed E-state index contributed by atoms with van der Waals surface area (Å²) in [5.41, 5.74) is -1.55. The van der Waals surface area contributed by atoms with Crippen LogP contribution in [0.4, 0.5) is 4.79 Å². The molecule has 3 fully saturated rings. The van der Waals surface area contributed by atoms with Crippen LogP contribution in [-0.2, 0) is 23.9 Å². The molecule has 2 aliphatic carbocycles. The van der Waals surface area contributed by atoms with E-state index < -0.39 is 52.8 Å². The number of nitrogens with one attached hydrogen (secondary N) is 3. The van der Waals surface area contributed by atoms with Crippen LogP contribution in [0.25, 0.3) is 0 Å². The van der Waals surface area contributed by atoms with E-state index in [0.717, 1.165) is 19.3 Å². The van der Waals surface area contributed by atoms with Gasteiger partial charge in [0.15, 0.2) is 0 Å². The largest absolute Gasteiger partial charge is 0.444 e. The van der Waals surface area contributed by atoms with E-state index in [-0.39, 0.29) is 29.7 Å². The number of ether oxygens (including phenoxy) is 1. The maximum atomic E-state index is 14.0. The third-order valence-corrected chi connectivity index (χ3v) is 8.36. The lowest BCUT2D eigenvalue weighted by Crippen LogP contribution is -2.60. The van der Waals surface area contributed by atoms with Gasteiger partial charge in [-0.05, 0) is 62.2 Å². The number of Topliss-reactive ketones (excluding diaryl/α,β-unsaturated/α-hetero) is 1. The quantitative estimate of drug-likeness (QED) is 0.263. The Bertz CT molecular complexity index is 1040. The monoisotopic (exact) mass is 560 g/mol. The van der Waals surface area contributed by atoms with Gasteiger partial charge in [-0.2, -0.15) is 0 Å². The van der Waals surface area contributed by atoms with E-state index in [1.807, 2.05) is 20.8 Å². The fraction of sp³-hybridized carbons (Fsp3) is 0.767. The van der Waals surface area contributed by atoms with Gasteiger partial charge in [-0.25, -0.2) is 4.79 Å². The van der Waals surface area contributed by atoms with Gasteiger partial charge in [-0.15, -0.1) is 6.58 Å². The Labute approximate surface area is 238 Å². The number of nitrogens with zero attached hydrogens (tertiary/aromatic N) is 1. The summed E-state index contributed by atoms with van der Waals surface area (Å²) >= 11 is 0. The van der Waals surface area contributed by atoms with E-state index in [1.54, 1.807) is 25.7 Å². The molecular formula is C30H48N4O6. The first kappa shape index (κ1) is 31.6. The summed E-state index contributed by atoms with van der Waals surface area (Å²) in [5.74, 6) is -1.74. The van der Waals surface area contributed by atoms with Gasteiger partial charge in [-0.1, -0.05) is 53.5 Å². The van der Waals surface area contributed by atoms with Crippen LogP contribution >= 0.6 is 0 Å². The van der Waals surface area contributed by atoms with Crippen LogP contribution in [0, 0.1) is 28.6 Å². The topological polar surface area (TPSA) is 134 Å². The molecule has 3 aliphatic rings. The third-order valence-electron chi connectivity index (χ3n) is 8.36. The molecule has 4 amide bonds. The second-order valence-electron chi connectivity index (χ2n) is 14.3. The van der Waals surface area contributed by atoms with Crippen molar-refractivity contribution in [2.45, 2.75) is 105 Å². The molecule has 0 radical (unpaired) electrons. The van der Waals surface area contributed by atoms with Crippen LogP contribution in [0.1, 0.15) is 81.1 Å². The Morgan fingerprint density at radius 3 is 2.20 bits per heavy atom. The van der Waals surface area contributed by atoms with E-state index in [9.17, 15) is 24.0 Å². The molecule has 10 nitrogen and oxygen atoms in total. The first-order valence-corrected chi connectivity index (χ1v) is 14.4. The first-order valence-electron chi connectivity index (χ1n) is 14.4. The lowest BCUT2D eigenvalue weighted by Gasteiger charge is -2.38. The summed E-state index contributed by atoms with van der Waals surface area (Å²) in [5, 5.41) is 8.09. The van der Waals surface area contributed by atoms with Crippen LogP contribution in [0.15, 0.2) is 12.7 Å². The van der Waals surface area contributed by atoms with Gasteiger partial charge in [-0.3, -0.25) is 19.2 Å². The van der Waals surface area contributed by atoms with Crippen molar-refractivity contribution in [2.75, 3.05) is 13.1 Å². The van der Waals surface area contributed by atoms with Gasteiger partial charge in [0.2, 0.25) is 17.6 Å². The summed E-state index contributed by atoms with van der Waals surface area (Å²) < 4.78 is 5.41. The maximum Gasteiger partial charge on any atom is 0.408 e. The highest BCUT2D eigenvalue weighted by molar-refractivity contribution is 6.38. The molecule has 0 bridgehead atoms. The molecule has 0 aromatic carbocycles. The molecule has 2 unspecified atom stereocenters. The fourth-order valence-electron chi connectivity index (χ4n) is 5.80. The molecular weight excluding hydrogens is 512 g/mol. The Hall–Kier alpha value is -2.91. The maximum absolute atomic E-state index is 14.0. The second-order valence-corrected chi connectivity index (χ2v) is 14.3. The number of carbonyl (C=O) groups excluding carboxylic acids is 5. The van der Waals surface area contributed by atoms with Gasteiger partial charge in [0.1, 0.15) is 17.7 Å². The second kappa shape index (κ2) is 11.5. The molecule has 3 N–H and O–H groups in total. The standard InChI is InChI=1S/C30H48N4O6/c1-10-15-31-25(37)22(35)19(14-13-17-11-12-17)32-24(36)21-20-18(30(20,8)9)16-34(21)26(38)23(28(2,3)4)33-27(39)40-29(5,6)7/h10,17-21,23H,1,11-16H2,2-9H3,(H,31,37)(H,32,36)(H,33,39)/t18-,19?,20?,21-,23+/m0/s1. The Kier molecular flexibility index (Phi) is 9.11. The zero-order chi connectivity index (χ0) is 30.2. The summed E-state index contributed by atoms with van der Waals surface area (Å²) in [4.78, 5) is 67.6. The van der Waals surface area contributed by atoms with Gasteiger partial charge < -0.3 is 25.6 Å².